The van der Waals surface area contributed by atoms with Crippen LogP contribution >= 0.6 is 0 Å². The molecule has 1 saturated heterocycles. The van der Waals surface area contributed by atoms with Crippen molar-refractivity contribution in [2.45, 2.75) is 12.1 Å². The van der Waals surface area contributed by atoms with E-state index in [1.165, 1.54) is 11.0 Å². The predicted molar refractivity (Wildman–Crippen MR) is 43.5 cm³/mol. The van der Waals surface area contributed by atoms with Crippen LogP contribution in [0.1, 0.15) is 0 Å². The van der Waals surface area contributed by atoms with Crippen molar-refractivity contribution < 1.29 is 14.7 Å². The molecule has 2 heterocycles. The van der Waals surface area contributed by atoms with Crippen molar-refractivity contribution in [2.75, 3.05) is 0 Å². The molecule has 0 bridgehead atoms. The number of hydrogen-bond acceptors (Lipinski definition) is 3. The number of carbonyl (C=O) groups is 2. The Morgan fingerprint density at radius 2 is 2.31 bits per heavy atom. The van der Waals surface area contributed by atoms with Crippen molar-refractivity contribution in [2.24, 2.45) is 5.73 Å². The average molecular weight is 180 g/mol. The molecular weight excluding hydrogens is 172 g/mol. The van der Waals surface area contributed by atoms with Crippen LogP contribution in [-0.4, -0.2) is 34.0 Å². The summed E-state index contributed by atoms with van der Waals surface area (Å²) in [4.78, 5) is 23.0. The predicted octanol–water partition coefficient (Wildman–Crippen LogP) is -0.937. The molecular formula is C8H8N2O3. The van der Waals surface area contributed by atoms with Crippen LogP contribution in [0.25, 0.3) is 0 Å². The van der Waals surface area contributed by atoms with Gasteiger partial charge in [0.2, 0.25) is 5.91 Å². The van der Waals surface area contributed by atoms with Crippen molar-refractivity contribution >= 4 is 11.9 Å². The highest BCUT2D eigenvalue weighted by molar-refractivity contribution is 6.00. The highest BCUT2D eigenvalue weighted by atomic mass is 16.4. The fourth-order valence-electron chi connectivity index (χ4n) is 1.53. The largest absolute Gasteiger partial charge is 0.477 e. The Labute approximate surface area is 74.1 Å². The van der Waals surface area contributed by atoms with Gasteiger partial charge < -0.3 is 10.8 Å². The summed E-state index contributed by atoms with van der Waals surface area (Å²) in [6.45, 7) is 0. The standard InChI is InChI=1S/C8H8N2O3/c9-6-4-2-1-3-5(8(12)13)10(4)7(6)11/h1-4,6H,9H2,(H,12,13). The van der Waals surface area contributed by atoms with Crippen LogP contribution in [-0.2, 0) is 9.59 Å². The number of β-lactam (4-membered cyclic amide) rings is 1. The monoisotopic (exact) mass is 180 g/mol. The molecule has 0 aliphatic carbocycles. The Bertz CT molecular complexity index is 345. The minimum atomic E-state index is -1.10. The molecule has 0 spiro atoms. The quantitative estimate of drug-likeness (QED) is 0.510. The van der Waals surface area contributed by atoms with E-state index in [9.17, 15) is 9.59 Å². The van der Waals surface area contributed by atoms with Gasteiger partial charge in [-0.3, -0.25) is 9.69 Å². The molecule has 0 aromatic carbocycles. The summed E-state index contributed by atoms with van der Waals surface area (Å²) in [6.07, 6.45) is 4.72. The first-order valence-corrected chi connectivity index (χ1v) is 3.83. The van der Waals surface area contributed by atoms with Gasteiger partial charge >= 0.3 is 5.97 Å². The molecule has 2 aliphatic rings. The summed E-state index contributed by atoms with van der Waals surface area (Å²) in [6, 6.07) is -0.858. The molecule has 5 nitrogen and oxygen atoms in total. The number of allylic oxidation sites excluding steroid dienone is 2. The van der Waals surface area contributed by atoms with Crippen LogP contribution < -0.4 is 5.73 Å². The van der Waals surface area contributed by atoms with Crippen molar-refractivity contribution in [1.29, 1.82) is 0 Å². The second kappa shape index (κ2) is 2.43. The van der Waals surface area contributed by atoms with Gasteiger partial charge in [0.05, 0.1) is 6.04 Å². The number of carbonyl (C=O) groups excluding carboxylic acids is 1. The van der Waals surface area contributed by atoms with E-state index < -0.39 is 12.0 Å². The smallest absolute Gasteiger partial charge is 0.352 e. The van der Waals surface area contributed by atoms with E-state index in [0.717, 1.165) is 0 Å². The van der Waals surface area contributed by atoms with E-state index in [1.54, 1.807) is 12.2 Å². The van der Waals surface area contributed by atoms with Gasteiger partial charge in [-0.1, -0.05) is 12.2 Å². The first kappa shape index (κ1) is 8.00. The fraction of sp³-hybridized carbons (Fsp3) is 0.250. The van der Waals surface area contributed by atoms with E-state index in [1.807, 2.05) is 0 Å². The van der Waals surface area contributed by atoms with E-state index in [0.29, 0.717) is 0 Å². The van der Waals surface area contributed by atoms with Gasteiger partial charge in [-0.15, -0.1) is 0 Å². The first-order chi connectivity index (χ1) is 6.13. The summed E-state index contributed by atoms with van der Waals surface area (Å²) < 4.78 is 0. The molecule has 3 N–H and O–H groups in total. The molecule has 0 aromatic heterocycles. The Morgan fingerprint density at radius 1 is 1.62 bits per heavy atom. The maximum Gasteiger partial charge on any atom is 0.352 e. The molecule has 68 valence electrons. The number of hydrogen-bond donors (Lipinski definition) is 2. The molecule has 0 radical (unpaired) electrons. The normalized spacial score (nSPS) is 30.7. The number of nitrogens with two attached hydrogens (primary N) is 1. The lowest BCUT2D eigenvalue weighted by atomic mass is 9.92. The zero-order valence-corrected chi connectivity index (χ0v) is 6.68. The topological polar surface area (TPSA) is 83.6 Å². The molecule has 1 amide bonds. The number of carboxylic acids is 1. The fourth-order valence-corrected chi connectivity index (χ4v) is 1.53. The van der Waals surface area contributed by atoms with Crippen LogP contribution in [0, 0.1) is 0 Å². The molecule has 2 unspecified atom stereocenters. The van der Waals surface area contributed by atoms with Crippen LogP contribution in [0.4, 0.5) is 0 Å². The number of nitrogens with zero attached hydrogens (tertiary/aromatic N) is 1. The number of carboxylic acid groups (broad SMARTS) is 1. The van der Waals surface area contributed by atoms with E-state index >= 15 is 0 Å². The lowest BCUT2D eigenvalue weighted by Crippen LogP contribution is -2.68. The third kappa shape index (κ3) is 0.905. The molecule has 2 atom stereocenters. The van der Waals surface area contributed by atoms with Gasteiger partial charge in [-0.25, -0.2) is 4.79 Å². The minimum absolute atomic E-state index is 0.000741. The van der Waals surface area contributed by atoms with Crippen LogP contribution in [0.2, 0.25) is 0 Å². The molecule has 0 saturated carbocycles. The zero-order valence-electron chi connectivity index (χ0n) is 6.68. The first-order valence-electron chi connectivity index (χ1n) is 3.83. The second-order valence-electron chi connectivity index (χ2n) is 2.97. The number of fused-ring (bicyclic) bond motifs is 1. The van der Waals surface area contributed by atoms with Crippen LogP contribution in [0.5, 0.6) is 0 Å². The average Bonchev–Trinajstić information content (AvgIpc) is 2.15. The molecule has 13 heavy (non-hydrogen) atoms. The summed E-state index contributed by atoms with van der Waals surface area (Å²) >= 11 is 0. The van der Waals surface area contributed by atoms with Gasteiger partial charge in [0.15, 0.2) is 0 Å². The minimum Gasteiger partial charge on any atom is -0.477 e. The molecule has 2 aliphatic heterocycles. The lowest BCUT2D eigenvalue weighted by molar-refractivity contribution is -0.149. The summed E-state index contributed by atoms with van der Waals surface area (Å²) in [5.41, 5.74) is 5.48. The third-order valence-corrected chi connectivity index (χ3v) is 2.23. The van der Waals surface area contributed by atoms with Gasteiger partial charge in [0.25, 0.3) is 0 Å². The van der Waals surface area contributed by atoms with Crippen LogP contribution in [0.3, 0.4) is 0 Å². The maximum atomic E-state index is 11.2. The van der Waals surface area contributed by atoms with Gasteiger partial charge in [0, 0.05) is 0 Å². The molecule has 5 heteroatoms. The Balaban J connectivity index is 2.32. The van der Waals surface area contributed by atoms with E-state index in [-0.39, 0.29) is 17.6 Å². The maximum absolute atomic E-state index is 11.2. The third-order valence-electron chi connectivity index (χ3n) is 2.23. The Hall–Kier alpha value is -1.62. The van der Waals surface area contributed by atoms with Gasteiger partial charge in [-0.05, 0) is 6.08 Å². The number of rotatable bonds is 1. The Morgan fingerprint density at radius 3 is 2.92 bits per heavy atom. The SMILES string of the molecule is NC1C(=O)N2C(C(=O)O)=CC=CC12. The molecule has 2 rings (SSSR count). The second-order valence-corrected chi connectivity index (χ2v) is 2.97. The van der Waals surface area contributed by atoms with Gasteiger partial charge in [-0.2, -0.15) is 0 Å². The highest BCUT2D eigenvalue weighted by Crippen LogP contribution is 2.27. The molecule has 1 fully saturated rings. The number of amides is 1. The van der Waals surface area contributed by atoms with E-state index in [4.69, 9.17) is 10.8 Å². The lowest BCUT2D eigenvalue weighted by Gasteiger charge is -2.44. The zero-order chi connectivity index (χ0) is 9.59. The Kier molecular flexibility index (Phi) is 1.50. The number of aliphatic carboxylic acids is 1. The summed E-state index contributed by atoms with van der Waals surface area (Å²) in [7, 11) is 0. The van der Waals surface area contributed by atoms with Crippen molar-refractivity contribution in [3.05, 3.63) is 23.9 Å². The summed E-state index contributed by atoms with van der Waals surface area (Å²) in [5, 5.41) is 8.73. The van der Waals surface area contributed by atoms with Crippen molar-refractivity contribution in [3.63, 3.8) is 0 Å². The van der Waals surface area contributed by atoms with Crippen molar-refractivity contribution in [1.82, 2.24) is 4.90 Å². The van der Waals surface area contributed by atoms with Gasteiger partial charge in [0.1, 0.15) is 11.7 Å². The summed E-state index contributed by atoms with van der Waals surface area (Å²) in [5.74, 6) is -1.43. The van der Waals surface area contributed by atoms with Crippen LogP contribution in [0.15, 0.2) is 23.9 Å². The highest BCUT2D eigenvalue weighted by Gasteiger charge is 2.47. The van der Waals surface area contributed by atoms with E-state index in [2.05, 4.69) is 0 Å². The molecule has 0 aromatic rings. The van der Waals surface area contributed by atoms with Crippen molar-refractivity contribution in [3.8, 4) is 0 Å².